The first kappa shape index (κ1) is 29.2. The zero-order valence-corrected chi connectivity index (χ0v) is 23.8. The highest BCUT2D eigenvalue weighted by Crippen LogP contribution is 2.36. The molecule has 3 rings (SSSR count). The SMILES string of the molecule is CC(C)[C@H](NC(=O)OC(C)(C)C)C(=O)N[C@H]1CCCC[C@@H]1Nc1ncc(B2OC(C)(C)C(C)(C)O2)cn1. The van der Waals surface area contributed by atoms with Crippen LogP contribution in [0.25, 0.3) is 0 Å². The fourth-order valence-electron chi connectivity index (χ4n) is 4.40. The third kappa shape index (κ3) is 7.57. The molecule has 2 aliphatic rings. The Morgan fingerprint density at radius 1 is 1.03 bits per heavy atom. The molecule has 0 spiro atoms. The zero-order valence-electron chi connectivity index (χ0n) is 23.8. The molecule has 1 aromatic rings. The van der Waals surface area contributed by atoms with Gasteiger partial charge < -0.3 is 30.0 Å². The van der Waals surface area contributed by atoms with Gasteiger partial charge in [-0.2, -0.15) is 0 Å². The topological polar surface area (TPSA) is 124 Å². The number of nitrogens with zero attached hydrogens (tertiary/aromatic N) is 2. The third-order valence-electron chi connectivity index (χ3n) is 7.23. The molecule has 2 heterocycles. The van der Waals surface area contributed by atoms with Crippen molar-refractivity contribution in [3.05, 3.63) is 12.4 Å². The number of hydrogen-bond donors (Lipinski definition) is 3. The van der Waals surface area contributed by atoms with Crippen molar-refractivity contribution in [2.75, 3.05) is 5.32 Å². The van der Waals surface area contributed by atoms with Crippen molar-refractivity contribution in [2.45, 2.75) is 123 Å². The summed E-state index contributed by atoms with van der Waals surface area (Å²) in [6.45, 7) is 17.2. The Kier molecular flexibility index (Phi) is 8.79. The molecule has 1 saturated carbocycles. The number of anilines is 1. The number of nitrogens with one attached hydrogen (secondary N) is 3. The average Bonchev–Trinajstić information content (AvgIpc) is 2.99. The number of alkyl carbamates (subject to hydrolysis) is 1. The van der Waals surface area contributed by atoms with Crippen LogP contribution in [0.4, 0.5) is 10.7 Å². The highest BCUT2D eigenvalue weighted by Gasteiger charge is 2.52. The Morgan fingerprint density at radius 3 is 2.08 bits per heavy atom. The molecule has 3 N–H and O–H groups in total. The maximum absolute atomic E-state index is 13.2. The van der Waals surface area contributed by atoms with E-state index in [9.17, 15) is 9.59 Å². The smallest absolute Gasteiger partial charge is 0.444 e. The van der Waals surface area contributed by atoms with Crippen LogP contribution in [0.3, 0.4) is 0 Å². The minimum Gasteiger partial charge on any atom is -0.444 e. The number of carbonyl (C=O) groups is 2. The van der Waals surface area contributed by atoms with Gasteiger partial charge in [-0.05, 0) is 67.2 Å². The van der Waals surface area contributed by atoms with Crippen LogP contribution < -0.4 is 21.4 Å². The molecule has 2 fully saturated rings. The monoisotopic (exact) mass is 517 g/mol. The molecule has 3 atom stereocenters. The Labute approximate surface area is 221 Å². The van der Waals surface area contributed by atoms with Crippen LogP contribution in [0, 0.1) is 5.92 Å². The van der Waals surface area contributed by atoms with Gasteiger partial charge in [0.1, 0.15) is 11.6 Å². The minimum absolute atomic E-state index is 0.0327. The summed E-state index contributed by atoms with van der Waals surface area (Å²) in [5, 5.41) is 9.27. The van der Waals surface area contributed by atoms with Gasteiger partial charge in [0, 0.05) is 29.9 Å². The van der Waals surface area contributed by atoms with Crippen LogP contribution in [-0.2, 0) is 18.8 Å². The Bertz CT molecular complexity index is 932. The van der Waals surface area contributed by atoms with E-state index >= 15 is 0 Å². The Morgan fingerprint density at radius 2 is 1.57 bits per heavy atom. The van der Waals surface area contributed by atoms with Gasteiger partial charge in [0.2, 0.25) is 11.9 Å². The fraction of sp³-hybridized carbons (Fsp3) is 0.769. The van der Waals surface area contributed by atoms with Crippen molar-refractivity contribution in [2.24, 2.45) is 5.92 Å². The predicted octanol–water partition coefficient (Wildman–Crippen LogP) is 3.16. The van der Waals surface area contributed by atoms with Crippen molar-refractivity contribution in [1.29, 1.82) is 0 Å². The summed E-state index contributed by atoms with van der Waals surface area (Å²) in [7, 11) is -0.522. The summed E-state index contributed by atoms with van der Waals surface area (Å²) in [6.07, 6.45) is 6.58. The van der Waals surface area contributed by atoms with Crippen LogP contribution in [0.15, 0.2) is 12.4 Å². The van der Waals surface area contributed by atoms with E-state index in [1.807, 2.05) is 41.5 Å². The molecule has 0 radical (unpaired) electrons. The number of hydrogen-bond acceptors (Lipinski definition) is 8. The summed E-state index contributed by atoms with van der Waals surface area (Å²) in [5.41, 5.74) is -0.758. The molecular formula is C26H44BN5O5. The van der Waals surface area contributed by atoms with E-state index in [1.165, 1.54) is 0 Å². The van der Waals surface area contributed by atoms with Crippen molar-refractivity contribution < 1.29 is 23.6 Å². The zero-order chi connectivity index (χ0) is 27.6. The van der Waals surface area contributed by atoms with E-state index in [2.05, 4.69) is 25.9 Å². The lowest BCUT2D eigenvalue weighted by Crippen LogP contribution is -2.56. The summed E-state index contributed by atoms with van der Waals surface area (Å²) in [5.74, 6) is 0.156. The maximum Gasteiger partial charge on any atom is 0.498 e. The van der Waals surface area contributed by atoms with Gasteiger partial charge in [-0.15, -0.1) is 0 Å². The molecule has 1 aliphatic heterocycles. The lowest BCUT2D eigenvalue weighted by molar-refractivity contribution is -0.125. The van der Waals surface area contributed by atoms with Gasteiger partial charge in [0.05, 0.1) is 11.2 Å². The lowest BCUT2D eigenvalue weighted by atomic mass is 9.81. The quantitative estimate of drug-likeness (QED) is 0.472. The van der Waals surface area contributed by atoms with Crippen molar-refractivity contribution >= 4 is 30.5 Å². The Balaban J connectivity index is 1.62. The van der Waals surface area contributed by atoms with Crippen molar-refractivity contribution in [3.8, 4) is 0 Å². The number of amides is 2. The van der Waals surface area contributed by atoms with E-state index in [-0.39, 0.29) is 23.9 Å². The second-order valence-electron chi connectivity index (χ2n) is 12.4. The molecule has 0 bridgehead atoms. The molecule has 1 aromatic heterocycles. The first-order valence-electron chi connectivity index (χ1n) is 13.3. The number of rotatable bonds is 7. The number of ether oxygens (including phenoxy) is 1. The molecule has 11 heteroatoms. The van der Waals surface area contributed by atoms with Crippen LogP contribution in [0.5, 0.6) is 0 Å². The Hall–Kier alpha value is -2.40. The van der Waals surface area contributed by atoms with Crippen LogP contribution in [-0.4, -0.2) is 64.0 Å². The van der Waals surface area contributed by atoms with E-state index in [0.29, 0.717) is 5.95 Å². The fourth-order valence-corrected chi connectivity index (χ4v) is 4.40. The molecule has 206 valence electrons. The summed E-state index contributed by atoms with van der Waals surface area (Å²) in [4.78, 5) is 34.5. The van der Waals surface area contributed by atoms with Gasteiger partial charge in [-0.1, -0.05) is 26.7 Å². The minimum atomic E-state index is -0.701. The van der Waals surface area contributed by atoms with Crippen LogP contribution in [0.1, 0.15) is 88.0 Å². The van der Waals surface area contributed by atoms with Gasteiger partial charge in [0.25, 0.3) is 0 Å². The highest BCUT2D eigenvalue weighted by molar-refractivity contribution is 6.61. The molecular weight excluding hydrogens is 473 g/mol. The number of carbonyl (C=O) groups excluding carboxylic acids is 2. The molecule has 10 nitrogen and oxygen atoms in total. The van der Waals surface area contributed by atoms with E-state index in [1.54, 1.807) is 33.2 Å². The second-order valence-corrected chi connectivity index (χ2v) is 12.4. The van der Waals surface area contributed by atoms with Crippen molar-refractivity contribution in [3.63, 3.8) is 0 Å². The van der Waals surface area contributed by atoms with Gasteiger partial charge >= 0.3 is 13.2 Å². The normalized spacial score (nSPS) is 23.9. The first-order valence-corrected chi connectivity index (χ1v) is 13.3. The largest absolute Gasteiger partial charge is 0.498 e. The highest BCUT2D eigenvalue weighted by atomic mass is 16.7. The first-order chi connectivity index (χ1) is 17.1. The summed E-state index contributed by atoms with van der Waals surface area (Å²) < 4.78 is 17.5. The second kappa shape index (κ2) is 11.1. The summed E-state index contributed by atoms with van der Waals surface area (Å²) in [6, 6.07) is -0.850. The molecule has 1 aliphatic carbocycles. The average molecular weight is 517 g/mol. The molecule has 0 unspecified atom stereocenters. The summed E-state index contributed by atoms with van der Waals surface area (Å²) >= 11 is 0. The lowest BCUT2D eigenvalue weighted by Gasteiger charge is -2.34. The molecule has 2 amide bonds. The third-order valence-corrected chi connectivity index (χ3v) is 7.23. The van der Waals surface area contributed by atoms with Crippen molar-refractivity contribution in [1.82, 2.24) is 20.6 Å². The van der Waals surface area contributed by atoms with E-state index in [0.717, 1.165) is 31.1 Å². The van der Waals surface area contributed by atoms with E-state index in [4.69, 9.17) is 14.0 Å². The van der Waals surface area contributed by atoms with Gasteiger partial charge in [-0.3, -0.25) is 4.79 Å². The molecule has 1 saturated heterocycles. The molecule has 0 aromatic carbocycles. The standard InChI is InChI=1S/C26H44BN5O5/c1-16(2)20(32-23(34)35-24(3,4)5)21(33)30-18-12-10-11-13-19(18)31-22-28-14-17(15-29-22)27-36-25(6,7)26(8,9)37-27/h14-16,18-20H,10-13H2,1-9H3,(H,30,33)(H,32,34)(H,28,29,31)/t18-,19-,20-/m0/s1. The van der Waals surface area contributed by atoms with E-state index < -0.39 is 36.1 Å². The van der Waals surface area contributed by atoms with Gasteiger partial charge in [-0.25, -0.2) is 14.8 Å². The van der Waals surface area contributed by atoms with Crippen LogP contribution in [0.2, 0.25) is 0 Å². The number of aromatic nitrogens is 2. The van der Waals surface area contributed by atoms with Crippen LogP contribution >= 0.6 is 0 Å². The maximum atomic E-state index is 13.2. The predicted molar refractivity (Wildman–Crippen MR) is 144 cm³/mol. The van der Waals surface area contributed by atoms with Gasteiger partial charge in [0.15, 0.2) is 0 Å². The molecule has 37 heavy (non-hydrogen) atoms.